The summed E-state index contributed by atoms with van der Waals surface area (Å²) >= 11 is 0. The fourth-order valence-electron chi connectivity index (χ4n) is 5.94. The maximum absolute atomic E-state index is 12.7. The van der Waals surface area contributed by atoms with Gasteiger partial charge in [0.25, 0.3) is 7.82 Å². The molecule has 0 saturated carbocycles. The number of likely N-dealkylation sites (N-methyl/N-ethyl adjacent to an activating group) is 1. The third kappa shape index (κ3) is 40.2. The van der Waals surface area contributed by atoms with Gasteiger partial charge in [0.2, 0.25) is 0 Å². The lowest BCUT2D eigenvalue weighted by Crippen LogP contribution is -2.37. The first kappa shape index (κ1) is 52.5. The van der Waals surface area contributed by atoms with Gasteiger partial charge < -0.3 is 27.9 Å². The van der Waals surface area contributed by atoms with E-state index < -0.39 is 32.5 Å². The van der Waals surface area contributed by atoms with Crippen molar-refractivity contribution in [1.82, 2.24) is 0 Å². The van der Waals surface area contributed by atoms with Crippen LogP contribution in [-0.4, -0.2) is 70.0 Å². The molecule has 318 valence electrons. The molecule has 0 saturated heterocycles. The quantitative estimate of drug-likeness (QED) is 0.0198. The van der Waals surface area contributed by atoms with Crippen molar-refractivity contribution in [2.45, 2.75) is 200 Å². The first-order valence-corrected chi connectivity index (χ1v) is 23.5. The zero-order valence-electron chi connectivity index (χ0n) is 35.7. The summed E-state index contributed by atoms with van der Waals surface area (Å²) in [4.78, 5) is 37.5. The van der Waals surface area contributed by atoms with Crippen molar-refractivity contribution in [3.63, 3.8) is 0 Å². The third-order valence-corrected chi connectivity index (χ3v) is 10.4. The van der Waals surface area contributed by atoms with Gasteiger partial charge >= 0.3 is 11.9 Å². The molecule has 10 heteroatoms. The van der Waals surface area contributed by atoms with E-state index in [9.17, 15) is 19.0 Å². The van der Waals surface area contributed by atoms with Crippen LogP contribution in [0.4, 0.5) is 0 Å². The van der Waals surface area contributed by atoms with E-state index in [4.69, 9.17) is 18.5 Å². The molecule has 0 aromatic heterocycles. The lowest BCUT2D eigenvalue weighted by molar-refractivity contribution is -0.870. The van der Waals surface area contributed by atoms with Crippen LogP contribution >= 0.6 is 7.82 Å². The van der Waals surface area contributed by atoms with E-state index in [0.717, 1.165) is 44.9 Å². The molecule has 0 radical (unpaired) electrons. The van der Waals surface area contributed by atoms with Gasteiger partial charge in [-0.15, -0.1) is 0 Å². The standard InChI is InChI=1S/C44H84NO8P/c1-6-8-10-12-14-16-18-20-22-24-26-28-30-32-34-36-43(46)50-40-42(41-52-54(48,49)51-39-38-45(3,4)5)53-44(47)37-35-33-31-29-27-25-23-21-19-17-15-13-11-9-7-2/h17,19,26,28,42H,6-16,18,20-25,27,29-41H2,1-5H3/b19-17+,28-26+/t42-/m1/s1. The number of unbranched alkanes of at least 4 members (excludes halogenated alkanes) is 22. The minimum Gasteiger partial charge on any atom is -0.756 e. The highest BCUT2D eigenvalue weighted by molar-refractivity contribution is 7.45. The Bertz CT molecular complexity index is 980. The Labute approximate surface area is 332 Å². The van der Waals surface area contributed by atoms with Gasteiger partial charge in [0, 0.05) is 12.8 Å². The number of allylic oxidation sites excluding steroid dienone is 4. The second-order valence-corrected chi connectivity index (χ2v) is 17.5. The highest BCUT2D eigenvalue weighted by atomic mass is 31.2. The number of carbonyl (C=O) groups excluding carboxylic acids is 2. The van der Waals surface area contributed by atoms with Gasteiger partial charge in [-0.05, 0) is 64.2 Å². The molecular weight excluding hydrogens is 701 g/mol. The highest BCUT2D eigenvalue weighted by Gasteiger charge is 2.21. The van der Waals surface area contributed by atoms with Crippen molar-refractivity contribution in [1.29, 1.82) is 0 Å². The van der Waals surface area contributed by atoms with Crippen LogP contribution in [0.25, 0.3) is 0 Å². The smallest absolute Gasteiger partial charge is 0.306 e. The molecule has 0 aliphatic rings. The lowest BCUT2D eigenvalue weighted by atomic mass is 10.1. The van der Waals surface area contributed by atoms with Crippen LogP contribution in [0.3, 0.4) is 0 Å². The molecule has 1 unspecified atom stereocenters. The molecule has 0 aliphatic carbocycles. The second kappa shape index (κ2) is 37.1. The van der Waals surface area contributed by atoms with Gasteiger partial charge in [0.05, 0.1) is 27.7 Å². The van der Waals surface area contributed by atoms with Crippen LogP contribution in [0.2, 0.25) is 0 Å². The zero-order valence-corrected chi connectivity index (χ0v) is 36.6. The molecular formula is C44H84NO8P. The fourth-order valence-corrected chi connectivity index (χ4v) is 6.67. The molecule has 0 aliphatic heterocycles. The normalized spacial score (nSPS) is 13.8. The molecule has 0 fully saturated rings. The Morgan fingerprint density at radius 1 is 0.556 bits per heavy atom. The Hall–Kier alpha value is -1.51. The minimum atomic E-state index is -4.63. The minimum absolute atomic E-state index is 0.0333. The number of phosphoric ester groups is 1. The van der Waals surface area contributed by atoms with E-state index >= 15 is 0 Å². The van der Waals surface area contributed by atoms with E-state index in [-0.39, 0.29) is 26.1 Å². The van der Waals surface area contributed by atoms with E-state index in [0.29, 0.717) is 23.9 Å². The third-order valence-electron chi connectivity index (χ3n) is 9.44. The first-order chi connectivity index (χ1) is 26.0. The van der Waals surface area contributed by atoms with Crippen molar-refractivity contribution < 1.29 is 42.1 Å². The summed E-state index contributed by atoms with van der Waals surface area (Å²) in [5, 5.41) is 0. The van der Waals surface area contributed by atoms with Gasteiger partial charge in [-0.2, -0.15) is 0 Å². The van der Waals surface area contributed by atoms with Crippen molar-refractivity contribution >= 4 is 19.8 Å². The fraction of sp³-hybridized carbons (Fsp3) is 0.864. The van der Waals surface area contributed by atoms with E-state index in [1.165, 1.54) is 109 Å². The summed E-state index contributed by atoms with van der Waals surface area (Å²) in [5.41, 5.74) is 0. The molecule has 0 amide bonds. The van der Waals surface area contributed by atoms with E-state index in [1.807, 2.05) is 21.1 Å². The number of phosphoric acid groups is 1. The van der Waals surface area contributed by atoms with Crippen LogP contribution in [0.15, 0.2) is 24.3 Å². The Morgan fingerprint density at radius 3 is 1.43 bits per heavy atom. The largest absolute Gasteiger partial charge is 0.756 e. The van der Waals surface area contributed by atoms with Crippen molar-refractivity contribution in [2.24, 2.45) is 0 Å². The molecule has 0 rings (SSSR count). The van der Waals surface area contributed by atoms with Gasteiger partial charge in [0.1, 0.15) is 19.8 Å². The Morgan fingerprint density at radius 2 is 0.944 bits per heavy atom. The number of quaternary nitrogens is 1. The summed E-state index contributed by atoms with van der Waals surface area (Å²) in [7, 11) is 1.16. The number of carbonyl (C=O) groups is 2. The summed E-state index contributed by atoms with van der Waals surface area (Å²) in [6.07, 6.45) is 39.1. The van der Waals surface area contributed by atoms with E-state index in [1.54, 1.807) is 0 Å². The highest BCUT2D eigenvalue weighted by Crippen LogP contribution is 2.38. The second-order valence-electron chi connectivity index (χ2n) is 16.1. The van der Waals surface area contributed by atoms with E-state index in [2.05, 4.69) is 38.2 Å². The van der Waals surface area contributed by atoms with Gasteiger partial charge in [-0.1, -0.05) is 141 Å². The van der Waals surface area contributed by atoms with Crippen molar-refractivity contribution in [3.05, 3.63) is 24.3 Å². The van der Waals surface area contributed by atoms with Crippen molar-refractivity contribution in [2.75, 3.05) is 47.5 Å². The number of hydrogen-bond donors (Lipinski definition) is 0. The SMILES string of the molecule is CCCCCC/C=C/CCCCCCCCCC(=O)O[C@H](COC(=O)CCCC/C=C/CCCCCCCCCCC)COP(=O)([O-])OCC[N+](C)(C)C. The zero-order chi connectivity index (χ0) is 40.0. The summed E-state index contributed by atoms with van der Waals surface area (Å²) < 4.78 is 33.9. The average molecular weight is 786 g/mol. The molecule has 0 heterocycles. The van der Waals surface area contributed by atoms with Gasteiger partial charge in [-0.25, -0.2) is 0 Å². The summed E-state index contributed by atoms with van der Waals surface area (Å²) in [6.45, 7) is 4.19. The molecule has 54 heavy (non-hydrogen) atoms. The predicted octanol–water partition coefficient (Wildman–Crippen LogP) is 11.7. The molecule has 2 atom stereocenters. The summed E-state index contributed by atoms with van der Waals surface area (Å²) in [6, 6.07) is 0. The maximum Gasteiger partial charge on any atom is 0.306 e. The molecule has 0 spiro atoms. The lowest BCUT2D eigenvalue weighted by Gasteiger charge is -2.28. The van der Waals surface area contributed by atoms with Gasteiger partial charge in [0.15, 0.2) is 6.10 Å². The van der Waals surface area contributed by atoms with Gasteiger partial charge in [-0.3, -0.25) is 14.2 Å². The van der Waals surface area contributed by atoms with Crippen LogP contribution in [-0.2, 0) is 32.7 Å². The number of esters is 2. The number of rotatable bonds is 40. The maximum atomic E-state index is 12.7. The number of nitrogens with zero attached hydrogens (tertiary/aromatic N) is 1. The van der Waals surface area contributed by atoms with Crippen LogP contribution in [0.1, 0.15) is 194 Å². The van der Waals surface area contributed by atoms with Crippen molar-refractivity contribution in [3.8, 4) is 0 Å². The predicted molar refractivity (Wildman–Crippen MR) is 222 cm³/mol. The van der Waals surface area contributed by atoms with Crippen LogP contribution in [0.5, 0.6) is 0 Å². The molecule has 0 N–H and O–H groups in total. The number of ether oxygens (including phenoxy) is 2. The van der Waals surface area contributed by atoms with Crippen LogP contribution < -0.4 is 4.89 Å². The summed E-state index contributed by atoms with van der Waals surface area (Å²) in [5.74, 6) is -0.861. The molecule has 9 nitrogen and oxygen atoms in total. The molecule has 0 aromatic rings. The first-order valence-electron chi connectivity index (χ1n) is 22.0. The molecule has 0 bridgehead atoms. The Kier molecular flexibility index (Phi) is 36.1. The number of hydrogen-bond acceptors (Lipinski definition) is 8. The Balaban J connectivity index is 4.38. The monoisotopic (exact) mass is 786 g/mol. The van der Waals surface area contributed by atoms with Crippen LogP contribution in [0, 0.1) is 0 Å². The topological polar surface area (TPSA) is 111 Å². The molecule has 0 aromatic carbocycles. The average Bonchev–Trinajstić information content (AvgIpc) is 3.12.